The molecule has 0 saturated heterocycles. The van der Waals surface area contributed by atoms with Gasteiger partial charge in [-0.25, -0.2) is 9.97 Å². The number of nitrogens with one attached hydrogen (secondary N) is 3. The van der Waals surface area contributed by atoms with E-state index in [0.717, 1.165) is 21.1 Å². The number of aromatic nitrogens is 5. The topological polar surface area (TPSA) is 138 Å². The molecule has 4 heterocycles. The van der Waals surface area contributed by atoms with E-state index in [-0.39, 0.29) is 5.91 Å². The SMILES string of the molecule is Cn1c(C(=O)NCc2cc[nH]n2)c(C=N)c2sc(Cc3cccc(N)n3)nc21. The number of hydrogen-bond acceptors (Lipinski definition) is 7. The number of carbonyl (C=O) groups is 1. The molecule has 5 N–H and O–H groups in total. The third-order valence-corrected chi connectivity index (χ3v) is 5.39. The van der Waals surface area contributed by atoms with Gasteiger partial charge in [0.2, 0.25) is 0 Å². The zero-order valence-electron chi connectivity index (χ0n) is 15.1. The first-order valence-corrected chi connectivity index (χ1v) is 9.35. The van der Waals surface area contributed by atoms with Crippen LogP contribution in [0.15, 0.2) is 30.5 Å². The minimum Gasteiger partial charge on any atom is -0.384 e. The van der Waals surface area contributed by atoms with Crippen molar-refractivity contribution in [1.82, 2.24) is 30.0 Å². The minimum absolute atomic E-state index is 0.270. The monoisotopic (exact) mass is 394 g/mol. The number of nitrogens with two attached hydrogens (primary N) is 1. The van der Waals surface area contributed by atoms with E-state index in [2.05, 4.69) is 25.5 Å². The summed E-state index contributed by atoms with van der Waals surface area (Å²) in [6, 6.07) is 7.28. The number of nitrogen functional groups attached to an aromatic ring is 1. The maximum atomic E-state index is 12.7. The molecule has 0 saturated carbocycles. The predicted molar refractivity (Wildman–Crippen MR) is 108 cm³/mol. The number of hydrogen-bond donors (Lipinski definition) is 4. The molecule has 4 aromatic heterocycles. The molecule has 0 fully saturated rings. The summed E-state index contributed by atoms with van der Waals surface area (Å²) in [4.78, 5) is 21.7. The molecule has 9 nitrogen and oxygen atoms in total. The highest BCUT2D eigenvalue weighted by Crippen LogP contribution is 2.30. The molecule has 0 bridgehead atoms. The summed E-state index contributed by atoms with van der Waals surface area (Å²) in [5.41, 5.74) is 8.94. The average Bonchev–Trinajstić information content (AvgIpc) is 3.37. The molecular formula is C18H18N8OS. The lowest BCUT2D eigenvalue weighted by Gasteiger charge is -2.06. The molecule has 0 aliphatic rings. The third kappa shape index (κ3) is 3.25. The molecule has 0 aliphatic heterocycles. The van der Waals surface area contributed by atoms with Crippen LogP contribution in [0.1, 0.15) is 32.4 Å². The molecule has 28 heavy (non-hydrogen) atoms. The van der Waals surface area contributed by atoms with Gasteiger partial charge in [-0.15, -0.1) is 11.3 Å². The minimum atomic E-state index is -0.270. The van der Waals surface area contributed by atoms with Crippen LogP contribution in [0, 0.1) is 5.41 Å². The maximum absolute atomic E-state index is 12.7. The number of aryl methyl sites for hydroxylation is 1. The molecule has 4 rings (SSSR count). The van der Waals surface area contributed by atoms with E-state index in [0.29, 0.717) is 35.7 Å². The van der Waals surface area contributed by atoms with E-state index in [1.54, 1.807) is 29.9 Å². The van der Waals surface area contributed by atoms with Crippen LogP contribution < -0.4 is 11.1 Å². The van der Waals surface area contributed by atoms with Gasteiger partial charge in [0.05, 0.1) is 16.9 Å². The van der Waals surface area contributed by atoms with E-state index in [1.165, 1.54) is 17.6 Å². The van der Waals surface area contributed by atoms with Crippen molar-refractivity contribution in [1.29, 1.82) is 5.41 Å². The highest BCUT2D eigenvalue weighted by molar-refractivity contribution is 7.19. The Morgan fingerprint density at radius 3 is 2.93 bits per heavy atom. The van der Waals surface area contributed by atoms with Gasteiger partial charge >= 0.3 is 0 Å². The van der Waals surface area contributed by atoms with E-state index < -0.39 is 0 Å². The van der Waals surface area contributed by atoms with Crippen LogP contribution in [0.5, 0.6) is 0 Å². The van der Waals surface area contributed by atoms with Gasteiger partial charge in [0.1, 0.15) is 16.5 Å². The zero-order valence-corrected chi connectivity index (χ0v) is 15.9. The Labute approximate surface area is 164 Å². The molecule has 0 atom stereocenters. The van der Waals surface area contributed by atoms with Crippen molar-refractivity contribution in [2.75, 3.05) is 5.73 Å². The summed E-state index contributed by atoms with van der Waals surface area (Å²) in [5.74, 6) is 0.197. The Morgan fingerprint density at radius 1 is 1.36 bits per heavy atom. The number of rotatable bonds is 6. The fourth-order valence-corrected chi connectivity index (χ4v) is 4.16. The average molecular weight is 394 g/mol. The molecule has 1 amide bonds. The molecule has 10 heteroatoms. The summed E-state index contributed by atoms with van der Waals surface area (Å²) < 4.78 is 2.53. The lowest BCUT2D eigenvalue weighted by atomic mass is 10.2. The highest BCUT2D eigenvalue weighted by atomic mass is 32.1. The van der Waals surface area contributed by atoms with Crippen LogP contribution in [-0.2, 0) is 20.0 Å². The van der Waals surface area contributed by atoms with Crippen LogP contribution >= 0.6 is 11.3 Å². The molecular weight excluding hydrogens is 376 g/mol. The van der Waals surface area contributed by atoms with Crippen molar-refractivity contribution >= 4 is 39.6 Å². The van der Waals surface area contributed by atoms with Crippen LogP contribution in [0.3, 0.4) is 0 Å². The summed E-state index contributed by atoms with van der Waals surface area (Å²) >= 11 is 1.46. The smallest absolute Gasteiger partial charge is 0.269 e. The van der Waals surface area contributed by atoms with Gasteiger partial charge in [0, 0.05) is 37.1 Å². The van der Waals surface area contributed by atoms with Crippen molar-refractivity contribution < 1.29 is 4.79 Å². The molecule has 0 aliphatic carbocycles. The van der Waals surface area contributed by atoms with E-state index >= 15 is 0 Å². The maximum Gasteiger partial charge on any atom is 0.269 e. The molecule has 4 aromatic rings. The summed E-state index contributed by atoms with van der Waals surface area (Å²) in [5, 5.41) is 18.2. The van der Waals surface area contributed by atoms with E-state index in [1.807, 2.05) is 12.1 Å². The van der Waals surface area contributed by atoms with E-state index in [4.69, 9.17) is 11.1 Å². The van der Waals surface area contributed by atoms with Gasteiger partial charge in [-0.1, -0.05) is 6.07 Å². The van der Waals surface area contributed by atoms with Crippen molar-refractivity contribution in [3.63, 3.8) is 0 Å². The second kappa shape index (κ2) is 7.24. The quantitative estimate of drug-likeness (QED) is 0.370. The fraction of sp³-hybridized carbons (Fsp3) is 0.167. The first-order chi connectivity index (χ1) is 13.6. The van der Waals surface area contributed by atoms with E-state index in [9.17, 15) is 4.79 Å². The normalized spacial score (nSPS) is 11.0. The number of H-pyrrole nitrogens is 1. The molecule has 0 unspecified atom stereocenters. The Morgan fingerprint density at radius 2 is 2.21 bits per heavy atom. The molecule has 0 radical (unpaired) electrons. The van der Waals surface area contributed by atoms with Gasteiger partial charge in [0.15, 0.2) is 5.65 Å². The first-order valence-electron chi connectivity index (χ1n) is 8.53. The van der Waals surface area contributed by atoms with Crippen LogP contribution in [0.2, 0.25) is 0 Å². The fourth-order valence-electron chi connectivity index (χ4n) is 3.03. The number of nitrogens with zero attached hydrogens (tertiary/aromatic N) is 4. The summed E-state index contributed by atoms with van der Waals surface area (Å²) in [6.07, 6.45) is 3.44. The van der Waals surface area contributed by atoms with Crippen LogP contribution in [0.4, 0.5) is 5.82 Å². The number of pyridine rings is 1. The lowest BCUT2D eigenvalue weighted by Crippen LogP contribution is -2.26. The van der Waals surface area contributed by atoms with Crippen molar-refractivity contribution in [2.45, 2.75) is 13.0 Å². The Bertz CT molecular complexity index is 1160. The number of amides is 1. The highest BCUT2D eigenvalue weighted by Gasteiger charge is 2.23. The van der Waals surface area contributed by atoms with Crippen molar-refractivity contribution in [3.05, 3.63) is 58.1 Å². The molecule has 0 spiro atoms. The van der Waals surface area contributed by atoms with Gasteiger partial charge < -0.3 is 21.0 Å². The zero-order chi connectivity index (χ0) is 19.7. The largest absolute Gasteiger partial charge is 0.384 e. The third-order valence-electron chi connectivity index (χ3n) is 4.31. The predicted octanol–water partition coefficient (Wildman–Crippen LogP) is 1.85. The number of anilines is 1. The number of thiazole rings is 1. The Balaban J connectivity index is 1.63. The standard InChI is InChI=1S/C18H18N8OS/c1-26-15(18(27)21-9-11-5-6-22-25-11)12(8-19)16-17(26)24-14(28-16)7-10-3-2-4-13(20)23-10/h2-6,8,19H,7,9H2,1H3,(H2,20,23)(H,21,27)(H,22,25). The van der Waals surface area contributed by atoms with Crippen LogP contribution in [-0.4, -0.2) is 36.9 Å². The van der Waals surface area contributed by atoms with Crippen molar-refractivity contribution in [2.24, 2.45) is 7.05 Å². The Hall–Kier alpha value is -3.53. The van der Waals surface area contributed by atoms with Gasteiger partial charge in [-0.2, -0.15) is 5.10 Å². The number of fused-ring (bicyclic) bond motifs is 1. The summed E-state index contributed by atoms with van der Waals surface area (Å²) in [6.45, 7) is 0.304. The number of aromatic amines is 1. The second-order valence-electron chi connectivity index (χ2n) is 6.20. The van der Waals surface area contributed by atoms with Gasteiger partial charge in [0.25, 0.3) is 5.91 Å². The Kier molecular flexibility index (Phi) is 4.62. The lowest BCUT2D eigenvalue weighted by molar-refractivity contribution is 0.0942. The first kappa shape index (κ1) is 17.9. The van der Waals surface area contributed by atoms with Gasteiger partial charge in [-0.05, 0) is 18.2 Å². The molecule has 142 valence electrons. The molecule has 0 aromatic carbocycles. The van der Waals surface area contributed by atoms with Gasteiger partial charge in [-0.3, -0.25) is 9.89 Å². The second-order valence-corrected chi connectivity index (χ2v) is 7.29. The van der Waals surface area contributed by atoms with Crippen LogP contribution in [0.25, 0.3) is 10.3 Å². The summed E-state index contributed by atoms with van der Waals surface area (Å²) in [7, 11) is 1.78. The number of carbonyl (C=O) groups excluding carboxylic acids is 1. The van der Waals surface area contributed by atoms with Crippen molar-refractivity contribution in [3.8, 4) is 0 Å².